The molecule has 1 fully saturated rings. The van der Waals surface area contributed by atoms with Crippen molar-refractivity contribution in [1.29, 1.82) is 0 Å². The van der Waals surface area contributed by atoms with Crippen molar-refractivity contribution in [3.63, 3.8) is 0 Å². The van der Waals surface area contributed by atoms with Gasteiger partial charge >= 0.3 is 0 Å². The average molecular weight is 285 g/mol. The van der Waals surface area contributed by atoms with Crippen molar-refractivity contribution in [1.82, 2.24) is 0 Å². The molecule has 1 heterocycles. The lowest BCUT2D eigenvalue weighted by atomic mass is 10.2. The van der Waals surface area contributed by atoms with Gasteiger partial charge in [-0.1, -0.05) is 35.7 Å². The van der Waals surface area contributed by atoms with Crippen LogP contribution in [0.5, 0.6) is 0 Å². The molecule has 0 aromatic carbocycles. The van der Waals surface area contributed by atoms with Gasteiger partial charge in [0.25, 0.3) is 0 Å². The standard InChI is InChI=1S/C9H17BrO3S/c1-2-3-4-5-13-9-7-14(11,12)6-8(9)10/h8-9H,2-7H2,1H3. The third kappa shape index (κ3) is 3.87. The molecule has 1 rings (SSSR count). The van der Waals surface area contributed by atoms with Crippen LogP contribution in [0.3, 0.4) is 0 Å². The Kier molecular flexibility index (Phi) is 4.87. The van der Waals surface area contributed by atoms with E-state index in [1.807, 2.05) is 0 Å². The zero-order chi connectivity index (χ0) is 10.6. The van der Waals surface area contributed by atoms with Crippen LogP contribution in [0.2, 0.25) is 0 Å². The number of halogens is 1. The van der Waals surface area contributed by atoms with Gasteiger partial charge in [0.2, 0.25) is 0 Å². The summed E-state index contributed by atoms with van der Waals surface area (Å²) < 4.78 is 28.0. The number of sulfone groups is 1. The summed E-state index contributed by atoms with van der Waals surface area (Å²) in [5.74, 6) is 0.389. The smallest absolute Gasteiger partial charge is 0.154 e. The highest BCUT2D eigenvalue weighted by molar-refractivity contribution is 9.09. The minimum absolute atomic E-state index is 0.0193. The Labute approximate surface area is 94.3 Å². The summed E-state index contributed by atoms with van der Waals surface area (Å²) in [6, 6.07) is 0. The molecule has 1 aliphatic rings. The maximum atomic E-state index is 11.2. The molecule has 0 spiro atoms. The summed E-state index contributed by atoms with van der Waals surface area (Å²) in [5, 5.41) is 0. The molecule has 2 unspecified atom stereocenters. The first-order valence-corrected chi connectivity index (χ1v) is 7.75. The van der Waals surface area contributed by atoms with Gasteiger partial charge in [0, 0.05) is 6.61 Å². The van der Waals surface area contributed by atoms with Crippen molar-refractivity contribution in [2.75, 3.05) is 18.1 Å². The predicted molar refractivity (Wildman–Crippen MR) is 60.6 cm³/mol. The predicted octanol–water partition coefficient (Wildman–Crippen LogP) is 1.75. The summed E-state index contributed by atoms with van der Waals surface area (Å²) in [4.78, 5) is -0.0193. The zero-order valence-electron chi connectivity index (χ0n) is 8.41. The van der Waals surface area contributed by atoms with Crippen LogP contribution in [0.4, 0.5) is 0 Å². The van der Waals surface area contributed by atoms with Crippen LogP contribution in [0, 0.1) is 0 Å². The second-order valence-corrected chi connectivity index (χ2v) is 7.04. The van der Waals surface area contributed by atoms with Crippen molar-refractivity contribution in [2.24, 2.45) is 0 Å². The van der Waals surface area contributed by atoms with Gasteiger partial charge < -0.3 is 4.74 Å². The van der Waals surface area contributed by atoms with Gasteiger partial charge in [-0.05, 0) is 6.42 Å². The van der Waals surface area contributed by atoms with Crippen molar-refractivity contribution < 1.29 is 13.2 Å². The van der Waals surface area contributed by atoms with Gasteiger partial charge in [-0.15, -0.1) is 0 Å². The van der Waals surface area contributed by atoms with E-state index in [4.69, 9.17) is 4.74 Å². The van der Waals surface area contributed by atoms with Crippen molar-refractivity contribution in [3.8, 4) is 0 Å². The molecular formula is C9H17BrO3S. The van der Waals surface area contributed by atoms with Crippen molar-refractivity contribution in [2.45, 2.75) is 37.1 Å². The first-order chi connectivity index (χ1) is 6.55. The second kappa shape index (κ2) is 5.47. The van der Waals surface area contributed by atoms with Crippen molar-refractivity contribution in [3.05, 3.63) is 0 Å². The fourth-order valence-corrected chi connectivity index (χ4v) is 4.97. The molecule has 0 saturated carbocycles. The van der Waals surface area contributed by atoms with E-state index in [0.717, 1.165) is 19.3 Å². The molecule has 1 saturated heterocycles. The summed E-state index contributed by atoms with van der Waals surface area (Å²) in [6.45, 7) is 2.81. The maximum Gasteiger partial charge on any atom is 0.154 e. The Bertz CT molecular complexity index is 263. The third-order valence-corrected chi connectivity index (χ3v) is 5.36. The van der Waals surface area contributed by atoms with E-state index in [1.165, 1.54) is 0 Å². The summed E-state index contributed by atoms with van der Waals surface area (Å²) in [5.41, 5.74) is 0. The van der Waals surface area contributed by atoms with E-state index in [2.05, 4.69) is 22.9 Å². The van der Waals surface area contributed by atoms with Crippen LogP contribution in [0.25, 0.3) is 0 Å². The normalized spacial score (nSPS) is 30.7. The van der Waals surface area contributed by atoms with Crippen molar-refractivity contribution >= 4 is 25.8 Å². The van der Waals surface area contributed by atoms with Crippen LogP contribution < -0.4 is 0 Å². The highest BCUT2D eigenvalue weighted by Crippen LogP contribution is 2.22. The molecule has 0 N–H and O–H groups in total. The number of alkyl halides is 1. The van der Waals surface area contributed by atoms with Crippen LogP contribution in [-0.4, -0.2) is 37.5 Å². The minimum atomic E-state index is -2.86. The molecule has 0 amide bonds. The van der Waals surface area contributed by atoms with E-state index in [-0.39, 0.29) is 22.4 Å². The summed E-state index contributed by atoms with van der Waals surface area (Å²) >= 11 is 3.35. The lowest BCUT2D eigenvalue weighted by molar-refractivity contribution is 0.0726. The Morgan fingerprint density at radius 1 is 1.36 bits per heavy atom. The number of unbranched alkanes of at least 4 members (excludes halogenated alkanes) is 2. The fourth-order valence-electron chi connectivity index (χ4n) is 1.51. The zero-order valence-corrected chi connectivity index (χ0v) is 10.8. The quantitative estimate of drug-likeness (QED) is 0.571. The van der Waals surface area contributed by atoms with E-state index in [9.17, 15) is 8.42 Å². The summed E-state index contributed by atoms with van der Waals surface area (Å²) in [6.07, 6.45) is 3.18. The van der Waals surface area contributed by atoms with Gasteiger partial charge in [-0.2, -0.15) is 0 Å². The van der Waals surface area contributed by atoms with Gasteiger partial charge in [0.1, 0.15) is 0 Å². The Morgan fingerprint density at radius 2 is 2.07 bits per heavy atom. The number of ether oxygens (including phenoxy) is 1. The fraction of sp³-hybridized carbons (Fsp3) is 1.00. The largest absolute Gasteiger partial charge is 0.376 e. The number of hydrogen-bond acceptors (Lipinski definition) is 3. The second-order valence-electron chi connectivity index (χ2n) is 3.71. The van der Waals surface area contributed by atoms with Crippen LogP contribution in [-0.2, 0) is 14.6 Å². The SMILES string of the molecule is CCCCCOC1CS(=O)(=O)CC1Br. The van der Waals surface area contributed by atoms with E-state index >= 15 is 0 Å². The van der Waals surface area contributed by atoms with Crippen LogP contribution in [0.1, 0.15) is 26.2 Å². The molecule has 3 nitrogen and oxygen atoms in total. The molecule has 14 heavy (non-hydrogen) atoms. The lowest BCUT2D eigenvalue weighted by Gasteiger charge is -2.13. The van der Waals surface area contributed by atoms with Crippen LogP contribution >= 0.6 is 15.9 Å². The number of rotatable bonds is 5. The van der Waals surface area contributed by atoms with Gasteiger partial charge in [-0.25, -0.2) is 8.42 Å². The molecule has 0 aromatic rings. The maximum absolute atomic E-state index is 11.2. The molecule has 2 atom stereocenters. The van der Waals surface area contributed by atoms with E-state index in [0.29, 0.717) is 6.61 Å². The van der Waals surface area contributed by atoms with E-state index in [1.54, 1.807) is 0 Å². The topological polar surface area (TPSA) is 43.4 Å². The Morgan fingerprint density at radius 3 is 2.57 bits per heavy atom. The highest BCUT2D eigenvalue weighted by Gasteiger charge is 2.36. The minimum Gasteiger partial charge on any atom is -0.376 e. The first-order valence-electron chi connectivity index (χ1n) is 5.01. The molecule has 0 aliphatic carbocycles. The third-order valence-electron chi connectivity index (χ3n) is 2.31. The number of hydrogen-bond donors (Lipinski definition) is 0. The summed E-state index contributed by atoms with van der Waals surface area (Å²) in [7, 11) is -2.86. The lowest BCUT2D eigenvalue weighted by Crippen LogP contribution is -2.22. The molecular weight excluding hydrogens is 268 g/mol. The molecule has 5 heteroatoms. The Hall–Kier alpha value is 0.390. The van der Waals surface area contributed by atoms with Gasteiger partial charge in [0.15, 0.2) is 9.84 Å². The molecule has 1 aliphatic heterocycles. The van der Waals surface area contributed by atoms with Gasteiger partial charge in [0.05, 0.1) is 22.4 Å². The van der Waals surface area contributed by atoms with E-state index < -0.39 is 9.84 Å². The van der Waals surface area contributed by atoms with Gasteiger partial charge in [-0.3, -0.25) is 0 Å². The Balaban J connectivity index is 2.25. The molecule has 0 bridgehead atoms. The highest BCUT2D eigenvalue weighted by atomic mass is 79.9. The van der Waals surface area contributed by atoms with Crippen LogP contribution in [0.15, 0.2) is 0 Å². The average Bonchev–Trinajstić information content (AvgIpc) is 2.34. The molecule has 0 radical (unpaired) electrons. The monoisotopic (exact) mass is 284 g/mol. The molecule has 0 aromatic heterocycles. The first kappa shape index (κ1) is 12.5. The molecule has 84 valence electrons.